The molecule has 39 heavy (non-hydrogen) atoms. The molecule has 1 aliphatic heterocycles. The molecule has 1 atom stereocenters. The van der Waals surface area contributed by atoms with Crippen molar-refractivity contribution in [3.05, 3.63) is 102 Å². The second-order valence-corrected chi connectivity index (χ2v) is 10.3. The molecule has 4 aromatic rings. The van der Waals surface area contributed by atoms with Crippen LogP contribution in [0, 0.1) is 0 Å². The van der Waals surface area contributed by atoms with E-state index in [0.717, 1.165) is 16.5 Å². The standard InChI is InChI=1S/C29H26ClN3O5S/c1-4-37-24(34)16-32-15-18(19-10-7-9-13-22(19)32)14-23-27(35)33-26(20-11-6-8-12-21(20)30)25(28(36)38-5-2)17(3)31-29(33)39-23/h6-15,26H,4-5,16H2,1-3H3/b23-14-/t26-/m0/s1. The van der Waals surface area contributed by atoms with E-state index in [9.17, 15) is 14.4 Å². The van der Waals surface area contributed by atoms with Crippen molar-refractivity contribution in [2.24, 2.45) is 4.99 Å². The van der Waals surface area contributed by atoms with Gasteiger partial charge in [0.1, 0.15) is 12.6 Å². The summed E-state index contributed by atoms with van der Waals surface area (Å²) in [6.45, 7) is 5.76. The van der Waals surface area contributed by atoms with Crippen molar-refractivity contribution in [1.29, 1.82) is 0 Å². The highest BCUT2D eigenvalue weighted by Crippen LogP contribution is 2.34. The zero-order valence-electron chi connectivity index (χ0n) is 21.6. The number of thiazole rings is 1. The minimum atomic E-state index is -0.790. The number of para-hydroxylation sites is 1. The second-order valence-electron chi connectivity index (χ2n) is 8.86. The van der Waals surface area contributed by atoms with Crippen molar-refractivity contribution in [2.45, 2.75) is 33.4 Å². The van der Waals surface area contributed by atoms with Crippen molar-refractivity contribution in [2.75, 3.05) is 13.2 Å². The van der Waals surface area contributed by atoms with Crippen LogP contribution in [0.5, 0.6) is 0 Å². The van der Waals surface area contributed by atoms with E-state index < -0.39 is 12.0 Å². The van der Waals surface area contributed by atoms with Gasteiger partial charge in [-0.15, -0.1) is 0 Å². The van der Waals surface area contributed by atoms with Gasteiger partial charge in [-0.1, -0.05) is 59.3 Å². The molecule has 0 fully saturated rings. The molecule has 2 aromatic carbocycles. The zero-order chi connectivity index (χ0) is 27.7. The van der Waals surface area contributed by atoms with E-state index >= 15 is 0 Å². The smallest absolute Gasteiger partial charge is 0.338 e. The van der Waals surface area contributed by atoms with Crippen LogP contribution in [0.1, 0.15) is 37.9 Å². The Balaban J connectivity index is 1.70. The summed E-state index contributed by atoms with van der Waals surface area (Å²) in [6.07, 6.45) is 3.63. The van der Waals surface area contributed by atoms with Crippen LogP contribution in [0.25, 0.3) is 17.0 Å². The largest absolute Gasteiger partial charge is 0.465 e. The van der Waals surface area contributed by atoms with Crippen LogP contribution in [-0.2, 0) is 25.6 Å². The van der Waals surface area contributed by atoms with E-state index in [1.807, 2.05) is 41.1 Å². The van der Waals surface area contributed by atoms with Gasteiger partial charge in [-0.25, -0.2) is 9.79 Å². The third kappa shape index (κ3) is 4.95. The fourth-order valence-corrected chi connectivity index (χ4v) is 6.07. The molecule has 0 bridgehead atoms. The number of carbonyl (C=O) groups is 2. The first-order valence-corrected chi connectivity index (χ1v) is 13.7. The van der Waals surface area contributed by atoms with Crippen LogP contribution in [0.15, 0.2) is 75.8 Å². The van der Waals surface area contributed by atoms with Gasteiger partial charge in [0, 0.05) is 27.7 Å². The van der Waals surface area contributed by atoms with E-state index in [4.69, 9.17) is 21.1 Å². The van der Waals surface area contributed by atoms with E-state index in [1.165, 1.54) is 15.9 Å². The number of esters is 2. The number of allylic oxidation sites excluding steroid dienone is 1. The lowest BCUT2D eigenvalue weighted by atomic mass is 9.96. The summed E-state index contributed by atoms with van der Waals surface area (Å²) < 4.78 is 14.2. The summed E-state index contributed by atoms with van der Waals surface area (Å²) in [5.74, 6) is -0.883. The zero-order valence-corrected chi connectivity index (χ0v) is 23.2. The molecule has 0 saturated carbocycles. The van der Waals surface area contributed by atoms with Crippen LogP contribution in [0.3, 0.4) is 0 Å². The molecule has 0 unspecified atom stereocenters. The number of hydrogen-bond acceptors (Lipinski definition) is 7. The monoisotopic (exact) mass is 563 g/mol. The van der Waals surface area contributed by atoms with Gasteiger partial charge in [0.05, 0.1) is 29.0 Å². The summed E-state index contributed by atoms with van der Waals surface area (Å²) in [7, 11) is 0. The molecule has 2 aromatic heterocycles. The van der Waals surface area contributed by atoms with Gasteiger partial charge in [0.25, 0.3) is 5.56 Å². The molecular formula is C29H26ClN3O5S. The highest BCUT2D eigenvalue weighted by Gasteiger charge is 2.34. The van der Waals surface area contributed by atoms with Gasteiger partial charge in [-0.05, 0) is 44.5 Å². The lowest BCUT2D eigenvalue weighted by Crippen LogP contribution is -2.40. The number of nitrogens with zero attached hydrogens (tertiary/aromatic N) is 3. The van der Waals surface area contributed by atoms with Crippen LogP contribution in [0.4, 0.5) is 0 Å². The number of carbonyl (C=O) groups excluding carboxylic acids is 2. The molecule has 8 nitrogen and oxygen atoms in total. The van der Waals surface area contributed by atoms with Gasteiger partial charge in [-0.2, -0.15) is 0 Å². The number of benzene rings is 2. The van der Waals surface area contributed by atoms with E-state index in [2.05, 4.69) is 4.99 Å². The number of ether oxygens (including phenoxy) is 2. The van der Waals surface area contributed by atoms with Crippen LogP contribution < -0.4 is 14.9 Å². The Labute approximate surface area is 233 Å². The average molecular weight is 564 g/mol. The Morgan fingerprint density at radius 3 is 2.54 bits per heavy atom. The Morgan fingerprint density at radius 2 is 1.79 bits per heavy atom. The topological polar surface area (TPSA) is 91.9 Å². The molecular weight excluding hydrogens is 538 g/mol. The van der Waals surface area contributed by atoms with Gasteiger partial charge >= 0.3 is 11.9 Å². The second kappa shape index (κ2) is 11.0. The third-order valence-corrected chi connectivity index (χ3v) is 7.75. The number of rotatable bonds is 7. The molecule has 0 amide bonds. The minimum Gasteiger partial charge on any atom is -0.465 e. The fourth-order valence-electron chi connectivity index (χ4n) is 4.79. The van der Waals surface area contributed by atoms with Crippen molar-refractivity contribution >= 4 is 51.9 Å². The Kier molecular flexibility index (Phi) is 7.54. The molecule has 200 valence electrons. The SMILES string of the molecule is CCOC(=O)Cn1cc(/C=c2\sc3n(c2=O)[C@@H](c2ccccc2Cl)C(C(=O)OCC)=C(C)N=3)c2ccccc21. The predicted octanol–water partition coefficient (Wildman–Crippen LogP) is 3.97. The third-order valence-electron chi connectivity index (χ3n) is 6.43. The highest BCUT2D eigenvalue weighted by molar-refractivity contribution is 7.07. The Morgan fingerprint density at radius 1 is 1.08 bits per heavy atom. The summed E-state index contributed by atoms with van der Waals surface area (Å²) >= 11 is 7.80. The lowest BCUT2D eigenvalue weighted by Gasteiger charge is -2.25. The van der Waals surface area contributed by atoms with Crippen molar-refractivity contribution in [3.8, 4) is 0 Å². The molecule has 0 spiro atoms. The minimum absolute atomic E-state index is 0.0536. The summed E-state index contributed by atoms with van der Waals surface area (Å²) in [6, 6.07) is 14.0. The van der Waals surface area contributed by atoms with Gasteiger partial charge in [0.2, 0.25) is 0 Å². The van der Waals surface area contributed by atoms with Crippen molar-refractivity contribution in [1.82, 2.24) is 9.13 Å². The normalized spacial score (nSPS) is 15.3. The first-order chi connectivity index (χ1) is 18.8. The Bertz CT molecular complexity index is 1810. The summed E-state index contributed by atoms with van der Waals surface area (Å²) in [5, 5.41) is 1.31. The molecule has 0 saturated heterocycles. The van der Waals surface area contributed by atoms with Gasteiger partial charge < -0.3 is 14.0 Å². The predicted molar refractivity (Wildman–Crippen MR) is 150 cm³/mol. The molecule has 0 aliphatic carbocycles. The van der Waals surface area contributed by atoms with Gasteiger partial charge in [-0.3, -0.25) is 14.2 Å². The number of fused-ring (bicyclic) bond motifs is 2. The molecule has 3 heterocycles. The van der Waals surface area contributed by atoms with Crippen LogP contribution in [-0.4, -0.2) is 34.3 Å². The average Bonchev–Trinajstić information content (AvgIpc) is 3.40. The molecule has 0 N–H and O–H groups in total. The molecule has 5 rings (SSSR count). The number of halogens is 1. The maximum atomic E-state index is 13.9. The molecule has 0 radical (unpaired) electrons. The quantitative estimate of drug-likeness (QED) is 0.317. The molecule has 10 heteroatoms. The molecule has 1 aliphatic rings. The van der Waals surface area contributed by atoms with E-state index in [1.54, 1.807) is 45.0 Å². The van der Waals surface area contributed by atoms with Crippen LogP contribution >= 0.6 is 22.9 Å². The maximum absolute atomic E-state index is 13.9. The van der Waals surface area contributed by atoms with Gasteiger partial charge in [0.15, 0.2) is 4.80 Å². The maximum Gasteiger partial charge on any atom is 0.338 e. The fraction of sp³-hybridized carbons (Fsp3) is 0.241. The van der Waals surface area contributed by atoms with E-state index in [-0.39, 0.29) is 30.3 Å². The van der Waals surface area contributed by atoms with E-state index in [0.29, 0.717) is 32.2 Å². The first kappa shape index (κ1) is 26.6. The summed E-state index contributed by atoms with van der Waals surface area (Å²) in [5.41, 5.74) is 2.66. The van der Waals surface area contributed by atoms with Crippen LogP contribution in [0.2, 0.25) is 5.02 Å². The Hall–Kier alpha value is -3.95. The van der Waals surface area contributed by atoms with Crippen molar-refractivity contribution in [3.63, 3.8) is 0 Å². The van der Waals surface area contributed by atoms with Crippen molar-refractivity contribution < 1.29 is 19.1 Å². The number of hydrogen-bond donors (Lipinski definition) is 0. The summed E-state index contributed by atoms with van der Waals surface area (Å²) in [4.78, 5) is 44.3. The highest BCUT2D eigenvalue weighted by atomic mass is 35.5. The first-order valence-electron chi connectivity index (χ1n) is 12.5. The number of aromatic nitrogens is 2. The lowest BCUT2D eigenvalue weighted by molar-refractivity contribution is -0.143.